The number of methoxy groups -OCH3 is 1. The van der Waals surface area contributed by atoms with E-state index in [9.17, 15) is 4.79 Å². The second-order valence-corrected chi connectivity index (χ2v) is 9.00. The van der Waals surface area contributed by atoms with Crippen molar-refractivity contribution < 1.29 is 9.53 Å². The molecule has 7 heteroatoms. The smallest absolute Gasteiger partial charge is 0.253 e. The first-order chi connectivity index (χ1) is 15.7. The van der Waals surface area contributed by atoms with Crippen molar-refractivity contribution in [3.8, 4) is 0 Å². The second kappa shape index (κ2) is 9.14. The van der Waals surface area contributed by atoms with Gasteiger partial charge in [-0.15, -0.1) is 11.3 Å². The zero-order valence-corrected chi connectivity index (χ0v) is 18.8. The molecule has 0 radical (unpaired) electrons. The number of aromatic nitrogens is 2. The van der Waals surface area contributed by atoms with Crippen LogP contribution in [-0.4, -0.2) is 40.4 Å². The third-order valence-corrected chi connectivity index (χ3v) is 6.81. The lowest BCUT2D eigenvalue weighted by Crippen LogP contribution is -2.39. The first kappa shape index (κ1) is 20.7. The number of fused-ring (bicyclic) bond motifs is 1. The number of hydrogen-bond acceptors (Lipinski definition) is 5. The Hall–Kier alpha value is -3.16. The summed E-state index contributed by atoms with van der Waals surface area (Å²) >= 11 is 1.70. The molecule has 4 aromatic rings. The molecule has 1 atom stereocenters. The van der Waals surface area contributed by atoms with Crippen LogP contribution in [0.25, 0.3) is 4.83 Å². The van der Waals surface area contributed by atoms with Gasteiger partial charge in [-0.2, -0.15) is 0 Å². The maximum atomic E-state index is 13.2. The van der Waals surface area contributed by atoms with Crippen molar-refractivity contribution >= 4 is 33.7 Å². The molecule has 3 heterocycles. The van der Waals surface area contributed by atoms with Gasteiger partial charge in [0, 0.05) is 48.9 Å². The molecule has 0 bridgehead atoms. The van der Waals surface area contributed by atoms with Crippen molar-refractivity contribution in [2.75, 3.05) is 25.5 Å². The van der Waals surface area contributed by atoms with Crippen LogP contribution >= 0.6 is 11.3 Å². The number of likely N-dealkylation sites (tertiary alicyclic amines) is 1. The summed E-state index contributed by atoms with van der Waals surface area (Å²) in [5.41, 5.74) is 3.88. The number of carbonyl (C=O) groups is 1. The molecular formula is C25H26N4O2S. The minimum absolute atomic E-state index is 0.0860. The summed E-state index contributed by atoms with van der Waals surface area (Å²) in [6.45, 7) is 2.02. The molecule has 0 spiro atoms. The van der Waals surface area contributed by atoms with Crippen molar-refractivity contribution in [2.45, 2.75) is 25.4 Å². The van der Waals surface area contributed by atoms with Crippen LogP contribution in [0.3, 0.4) is 0 Å². The predicted molar refractivity (Wildman–Crippen MR) is 128 cm³/mol. The quantitative estimate of drug-likeness (QED) is 0.436. The van der Waals surface area contributed by atoms with E-state index in [0.29, 0.717) is 13.2 Å². The molecule has 1 aliphatic heterocycles. The maximum absolute atomic E-state index is 13.2. The zero-order chi connectivity index (χ0) is 21.9. The third-order valence-electron chi connectivity index (χ3n) is 5.92. The van der Waals surface area contributed by atoms with Crippen LogP contribution in [0.15, 0.2) is 66.2 Å². The number of anilines is 2. The molecule has 0 aliphatic carbocycles. The number of ether oxygens (including phenoxy) is 1. The number of para-hydroxylation sites is 1. The Morgan fingerprint density at radius 3 is 2.78 bits per heavy atom. The van der Waals surface area contributed by atoms with E-state index in [4.69, 9.17) is 9.72 Å². The first-order valence-corrected chi connectivity index (χ1v) is 11.8. The number of imidazole rings is 1. The third kappa shape index (κ3) is 4.13. The van der Waals surface area contributed by atoms with E-state index in [-0.39, 0.29) is 11.8 Å². The van der Waals surface area contributed by atoms with Crippen LogP contribution in [0.4, 0.5) is 11.6 Å². The molecule has 1 saturated heterocycles. The number of thiazole rings is 1. The summed E-state index contributed by atoms with van der Waals surface area (Å²) in [5.74, 6) is 1.13. The lowest BCUT2D eigenvalue weighted by atomic mass is 9.94. The number of piperidine rings is 1. The van der Waals surface area contributed by atoms with Crippen LogP contribution in [0.5, 0.6) is 0 Å². The van der Waals surface area contributed by atoms with Crippen LogP contribution in [-0.2, 0) is 11.3 Å². The highest BCUT2D eigenvalue weighted by molar-refractivity contribution is 7.15. The average molecular weight is 447 g/mol. The van der Waals surface area contributed by atoms with Crippen molar-refractivity contribution in [3.63, 3.8) is 0 Å². The molecule has 2 aromatic carbocycles. The van der Waals surface area contributed by atoms with Gasteiger partial charge in [0.25, 0.3) is 5.91 Å². The van der Waals surface area contributed by atoms with Crippen LogP contribution < -0.4 is 5.32 Å². The normalized spacial score (nSPS) is 16.4. The summed E-state index contributed by atoms with van der Waals surface area (Å²) in [5, 5.41) is 5.52. The van der Waals surface area contributed by atoms with E-state index in [0.717, 1.165) is 52.7 Å². The summed E-state index contributed by atoms with van der Waals surface area (Å²) < 4.78 is 7.28. The Morgan fingerprint density at radius 2 is 2.00 bits per heavy atom. The fraction of sp³-hybridized carbons (Fsp3) is 0.280. The van der Waals surface area contributed by atoms with Gasteiger partial charge in [0.15, 0.2) is 0 Å². The standard InChI is InChI=1S/C25H26N4O2S/c1-31-17-18-9-11-19(12-10-18)23(30)28-13-5-6-20(16-28)22-24-29(14-15-32-24)25(27-22)26-21-7-3-2-4-8-21/h2-4,7-12,14-15,20H,5-6,13,16-17H2,1H3,(H,26,27)/t20-/m0/s1. The van der Waals surface area contributed by atoms with Gasteiger partial charge in [-0.25, -0.2) is 4.98 Å². The average Bonchev–Trinajstić information content (AvgIpc) is 3.44. The summed E-state index contributed by atoms with van der Waals surface area (Å²) in [4.78, 5) is 21.3. The fourth-order valence-corrected chi connectivity index (χ4v) is 5.23. The maximum Gasteiger partial charge on any atom is 0.253 e. The molecular weight excluding hydrogens is 420 g/mol. The van der Waals surface area contributed by atoms with Crippen molar-refractivity contribution in [2.24, 2.45) is 0 Å². The minimum Gasteiger partial charge on any atom is -0.380 e. The molecule has 164 valence electrons. The Kier molecular flexibility index (Phi) is 5.92. The molecule has 1 N–H and O–H groups in total. The van der Waals surface area contributed by atoms with Gasteiger partial charge in [-0.05, 0) is 42.7 Å². The highest BCUT2D eigenvalue weighted by atomic mass is 32.1. The van der Waals surface area contributed by atoms with Gasteiger partial charge < -0.3 is 15.0 Å². The second-order valence-electron chi connectivity index (χ2n) is 8.11. The molecule has 2 aromatic heterocycles. The van der Waals surface area contributed by atoms with Gasteiger partial charge in [0.05, 0.1) is 12.3 Å². The van der Waals surface area contributed by atoms with E-state index < -0.39 is 0 Å². The van der Waals surface area contributed by atoms with E-state index in [1.165, 1.54) is 0 Å². The fourth-order valence-electron chi connectivity index (χ4n) is 4.33. The molecule has 1 aliphatic rings. The lowest BCUT2D eigenvalue weighted by molar-refractivity contribution is 0.0706. The monoisotopic (exact) mass is 446 g/mol. The molecule has 1 amide bonds. The first-order valence-electron chi connectivity index (χ1n) is 10.9. The van der Waals surface area contributed by atoms with Crippen molar-refractivity contribution in [1.29, 1.82) is 0 Å². The molecule has 1 fully saturated rings. The van der Waals surface area contributed by atoms with E-state index >= 15 is 0 Å². The Bertz CT molecular complexity index is 1200. The highest BCUT2D eigenvalue weighted by Crippen LogP contribution is 2.34. The molecule has 6 nitrogen and oxygen atoms in total. The van der Waals surface area contributed by atoms with Gasteiger partial charge in [0.1, 0.15) is 4.83 Å². The summed E-state index contributed by atoms with van der Waals surface area (Å²) in [7, 11) is 1.67. The van der Waals surface area contributed by atoms with Gasteiger partial charge in [0.2, 0.25) is 5.95 Å². The van der Waals surface area contributed by atoms with Gasteiger partial charge in [-0.1, -0.05) is 30.3 Å². The zero-order valence-electron chi connectivity index (χ0n) is 18.0. The van der Waals surface area contributed by atoms with Crippen molar-refractivity contribution in [1.82, 2.24) is 14.3 Å². The molecule has 32 heavy (non-hydrogen) atoms. The lowest BCUT2D eigenvalue weighted by Gasteiger charge is -2.32. The number of amides is 1. The number of rotatable bonds is 6. The van der Waals surface area contributed by atoms with Crippen molar-refractivity contribution in [3.05, 3.63) is 83.0 Å². The Balaban J connectivity index is 1.36. The van der Waals surface area contributed by atoms with Gasteiger partial charge in [-0.3, -0.25) is 9.20 Å². The number of nitrogens with one attached hydrogen (secondary N) is 1. The van der Waals surface area contributed by atoms with Crippen LogP contribution in [0.2, 0.25) is 0 Å². The molecule has 0 saturated carbocycles. The highest BCUT2D eigenvalue weighted by Gasteiger charge is 2.29. The number of benzene rings is 2. The Labute approximate surface area is 191 Å². The SMILES string of the molecule is COCc1ccc(C(=O)N2CCC[C@H](c3nc(Nc4ccccc4)n4ccsc34)C2)cc1. The Morgan fingerprint density at radius 1 is 1.19 bits per heavy atom. The summed E-state index contributed by atoms with van der Waals surface area (Å²) in [6.07, 6.45) is 4.06. The topological polar surface area (TPSA) is 58.9 Å². The van der Waals surface area contributed by atoms with E-state index in [2.05, 4.69) is 21.3 Å². The number of hydrogen-bond donors (Lipinski definition) is 1. The van der Waals surface area contributed by atoms with Crippen LogP contribution in [0.1, 0.15) is 40.4 Å². The van der Waals surface area contributed by atoms with E-state index in [1.54, 1.807) is 18.4 Å². The van der Waals surface area contributed by atoms with Crippen LogP contribution in [0, 0.1) is 0 Å². The van der Waals surface area contributed by atoms with E-state index in [1.807, 2.05) is 59.5 Å². The number of carbonyl (C=O) groups excluding carboxylic acids is 1. The molecule has 0 unspecified atom stereocenters. The molecule has 5 rings (SSSR count). The van der Waals surface area contributed by atoms with Gasteiger partial charge >= 0.3 is 0 Å². The predicted octanol–water partition coefficient (Wildman–Crippen LogP) is 5.31. The summed E-state index contributed by atoms with van der Waals surface area (Å²) in [6, 6.07) is 17.8. The number of nitrogens with zero attached hydrogens (tertiary/aromatic N) is 3. The largest absolute Gasteiger partial charge is 0.380 e. The minimum atomic E-state index is 0.0860.